The third-order valence-corrected chi connectivity index (χ3v) is 6.32. The first-order valence-electron chi connectivity index (χ1n) is 8.94. The van der Waals surface area contributed by atoms with Crippen LogP contribution in [0.3, 0.4) is 0 Å². The van der Waals surface area contributed by atoms with Gasteiger partial charge in [0.15, 0.2) is 0 Å². The van der Waals surface area contributed by atoms with Crippen LogP contribution in [-0.4, -0.2) is 17.0 Å². The van der Waals surface area contributed by atoms with Crippen molar-refractivity contribution >= 4 is 11.9 Å². The molecule has 4 atom stereocenters. The number of fused-ring (bicyclic) bond motifs is 2. The van der Waals surface area contributed by atoms with Gasteiger partial charge < -0.3 is 14.3 Å². The molecule has 1 N–H and O–H groups in total. The van der Waals surface area contributed by atoms with Crippen molar-refractivity contribution in [3.05, 3.63) is 34.8 Å². The molecule has 0 amide bonds. The number of carboxylic acid groups (broad SMARTS) is 1. The Balaban J connectivity index is 2.11. The molecule has 5 nitrogen and oxygen atoms in total. The highest BCUT2D eigenvalue weighted by atomic mass is 16.5. The summed E-state index contributed by atoms with van der Waals surface area (Å²) in [6.07, 6.45) is 5.93. The summed E-state index contributed by atoms with van der Waals surface area (Å²) in [5, 5.41) is 9.84. The molecule has 0 radical (unpaired) electrons. The molecule has 0 aromatic carbocycles. The van der Waals surface area contributed by atoms with Crippen molar-refractivity contribution in [2.75, 3.05) is 0 Å². The maximum atomic E-state index is 12.5. The first-order chi connectivity index (χ1) is 11.8. The van der Waals surface area contributed by atoms with Crippen LogP contribution < -0.4 is 0 Å². The van der Waals surface area contributed by atoms with Crippen molar-refractivity contribution in [1.82, 2.24) is 0 Å². The monoisotopic (exact) mass is 346 g/mol. The zero-order chi connectivity index (χ0) is 18.4. The molecule has 5 heteroatoms. The number of carbonyl (C=O) groups excluding carboxylic acids is 1. The van der Waals surface area contributed by atoms with Crippen molar-refractivity contribution in [2.45, 2.75) is 59.5 Å². The standard InChI is InChI=1S/C20H26O5/c1-5-11(2)19(23)25-17-16-12(3)10-24-15(16)9-13-7-6-8-14(18(21)22)20(13,17)4/h5,10,13-14,17H,6-9H2,1-4H3,(H,21,22)/b11-5-/t13-,14-,17-,20+/m1/s1. The molecule has 2 aliphatic rings. The van der Waals surface area contributed by atoms with Gasteiger partial charge in [-0.05, 0) is 45.1 Å². The summed E-state index contributed by atoms with van der Waals surface area (Å²) < 4.78 is 11.7. The first kappa shape index (κ1) is 17.8. The lowest BCUT2D eigenvalue weighted by molar-refractivity contribution is -0.177. The summed E-state index contributed by atoms with van der Waals surface area (Å²) >= 11 is 0. The number of allylic oxidation sites excluding steroid dienone is 1. The number of hydrogen-bond donors (Lipinski definition) is 1. The van der Waals surface area contributed by atoms with Gasteiger partial charge in [0.1, 0.15) is 11.9 Å². The van der Waals surface area contributed by atoms with Crippen molar-refractivity contribution in [3.8, 4) is 0 Å². The lowest BCUT2D eigenvalue weighted by Gasteiger charge is -2.52. The quantitative estimate of drug-likeness (QED) is 0.655. The van der Waals surface area contributed by atoms with E-state index in [9.17, 15) is 14.7 Å². The summed E-state index contributed by atoms with van der Waals surface area (Å²) in [4.78, 5) is 24.5. The van der Waals surface area contributed by atoms with Gasteiger partial charge in [-0.3, -0.25) is 4.79 Å². The molecule has 1 aromatic rings. The number of esters is 1. The fourth-order valence-electron chi connectivity index (χ4n) is 4.64. The predicted molar refractivity (Wildman–Crippen MR) is 92.0 cm³/mol. The minimum absolute atomic E-state index is 0.129. The van der Waals surface area contributed by atoms with E-state index in [4.69, 9.17) is 9.15 Å². The molecule has 3 rings (SSSR count). The molecular weight excluding hydrogens is 320 g/mol. The van der Waals surface area contributed by atoms with E-state index in [1.165, 1.54) is 0 Å². The van der Waals surface area contributed by atoms with Gasteiger partial charge in [0.25, 0.3) is 0 Å². The first-order valence-corrected chi connectivity index (χ1v) is 8.94. The normalized spacial score (nSPS) is 31.8. The third-order valence-electron chi connectivity index (χ3n) is 6.32. The molecule has 0 unspecified atom stereocenters. The van der Waals surface area contributed by atoms with Crippen LogP contribution in [0, 0.1) is 24.2 Å². The number of aliphatic carboxylic acids is 1. The number of hydrogen-bond acceptors (Lipinski definition) is 4. The molecule has 1 saturated carbocycles. The van der Waals surface area contributed by atoms with Crippen LogP contribution in [0.4, 0.5) is 0 Å². The average molecular weight is 346 g/mol. The summed E-state index contributed by atoms with van der Waals surface area (Å²) in [6.45, 7) is 7.41. The smallest absolute Gasteiger partial charge is 0.334 e. The molecule has 1 fully saturated rings. The van der Waals surface area contributed by atoms with Gasteiger partial charge >= 0.3 is 11.9 Å². The zero-order valence-electron chi connectivity index (χ0n) is 15.3. The van der Waals surface area contributed by atoms with Gasteiger partial charge in [-0.1, -0.05) is 19.4 Å². The van der Waals surface area contributed by atoms with Gasteiger partial charge in [-0.25, -0.2) is 4.79 Å². The molecule has 0 spiro atoms. The van der Waals surface area contributed by atoms with Crippen molar-refractivity contribution in [2.24, 2.45) is 17.3 Å². The van der Waals surface area contributed by atoms with E-state index in [1.54, 1.807) is 26.2 Å². The molecule has 25 heavy (non-hydrogen) atoms. The van der Waals surface area contributed by atoms with Gasteiger partial charge in [0, 0.05) is 23.0 Å². The Morgan fingerprint density at radius 3 is 2.76 bits per heavy atom. The molecule has 2 aliphatic carbocycles. The molecular formula is C20H26O5. The molecule has 0 bridgehead atoms. The number of furan rings is 1. The van der Waals surface area contributed by atoms with Crippen LogP contribution in [0.15, 0.2) is 22.3 Å². The van der Waals surface area contributed by atoms with Gasteiger partial charge in [-0.2, -0.15) is 0 Å². The maximum Gasteiger partial charge on any atom is 0.334 e. The van der Waals surface area contributed by atoms with Crippen LogP contribution in [0.2, 0.25) is 0 Å². The van der Waals surface area contributed by atoms with Crippen LogP contribution in [0.5, 0.6) is 0 Å². The summed E-state index contributed by atoms with van der Waals surface area (Å²) in [5.74, 6) is -0.764. The Morgan fingerprint density at radius 1 is 1.40 bits per heavy atom. The second kappa shape index (κ2) is 6.36. The van der Waals surface area contributed by atoms with Crippen LogP contribution in [0.25, 0.3) is 0 Å². The van der Waals surface area contributed by atoms with E-state index in [0.717, 1.165) is 29.7 Å². The topological polar surface area (TPSA) is 76.7 Å². The SMILES string of the molecule is C/C=C(/C)C(=O)O[C@@H]1c2c(C)coc2C[C@H]2CCC[C@H](C(=O)O)[C@]21C. The minimum Gasteiger partial charge on any atom is -0.481 e. The number of rotatable bonds is 3. The summed E-state index contributed by atoms with van der Waals surface area (Å²) in [6, 6.07) is 0. The highest BCUT2D eigenvalue weighted by molar-refractivity contribution is 5.88. The number of carbonyl (C=O) groups is 2. The fourth-order valence-corrected chi connectivity index (χ4v) is 4.64. The largest absolute Gasteiger partial charge is 0.481 e. The average Bonchev–Trinajstić information content (AvgIpc) is 2.94. The van der Waals surface area contributed by atoms with E-state index in [-0.39, 0.29) is 5.92 Å². The zero-order valence-corrected chi connectivity index (χ0v) is 15.3. The number of carboxylic acids is 1. The Morgan fingerprint density at radius 2 is 2.12 bits per heavy atom. The Kier molecular flexibility index (Phi) is 4.52. The van der Waals surface area contributed by atoms with Gasteiger partial charge in [0.05, 0.1) is 12.2 Å². The van der Waals surface area contributed by atoms with Crippen LogP contribution >= 0.6 is 0 Å². The van der Waals surface area contributed by atoms with Gasteiger partial charge in [-0.15, -0.1) is 0 Å². The third kappa shape index (κ3) is 2.70. The van der Waals surface area contributed by atoms with Gasteiger partial charge in [0.2, 0.25) is 0 Å². The summed E-state index contributed by atoms with van der Waals surface area (Å²) in [7, 11) is 0. The van der Waals surface area contributed by atoms with Crippen molar-refractivity contribution < 1.29 is 23.8 Å². The highest BCUT2D eigenvalue weighted by Crippen LogP contribution is 2.59. The van der Waals surface area contributed by atoms with Crippen molar-refractivity contribution in [1.29, 1.82) is 0 Å². The Bertz CT molecular complexity index is 728. The van der Waals surface area contributed by atoms with E-state index in [0.29, 0.717) is 18.4 Å². The number of aryl methyl sites for hydroxylation is 1. The van der Waals surface area contributed by atoms with E-state index >= 15 is 0 Å². The maximum absolute atomic E-state index is 12.5. The lowest BCUT2D eigenvalue weighted by atomic mass is 9.53. The fraction of sp³-hybridized carbons (Fsp3) is 0.600. The Labute approximate surface area is 148 Å². The van der Waals surface area contributed by atoms with Crippen LogP contribution in [0.1, 0.15) is 63.0 Å². The minimum atomic E-state index is -0.805. The molecule has 0 aliphatic heterocycles. The second-order valence-electron chi connectivity index (χ2n) is 7.60. The Hall–Kier alpha value is -2.04. The van der Waals surface area contributed by atoms with Crippen LogP contribution in [-0.2, 0) is 20.7 Å². The summed E-state index contributed by atoms with van der Waals surface area (Å²) in [5.41, 5.74) is 1.68. The highest BCUT2D eigenvalue weighted by Gasteiger charge is 2.58. The lowest BCUT2D eigenvalue weighted by Crippen LogP contribution is -2.51. The predicted octanol–water partition coefficient (Wildman–Crippen LogP) is 4.20. The van der Waals surface area contributed by atoms with E-state index in [1.807, 2.05) is 13.8 Å². The van der Waals surface area contributed by atoms with E-state index in [2.05, 4.69) is 0 Å². The molecule has 136 valence electrons. The van der Waals surface area contributed by atoms with Crippen molar-refractivity contribution in [3.63, 3.8) is 0 Å². The molecule has 1 heterocycles. The second-order valence-corrected chi connectivity index (χ2v) is 7.60. The van der Waals surface area contributed by atoms with E-state index < -0.39 is 29.4 Å². The molecule has 1 aromatic heterocycles. The number of ether oxygens (including phenoxy) is 1. The molecule has 0 saturated heterocycles.